The van der Waals surface area contributed by atoms with Crippen LogP contribution in [0.4, 0.5) is 5.13 Å². The number of rotatable bonds is 7. The summed E-state index contributed by atoms with van der Waals surface area (Å²) in [7, 11) is -6.87. The third kappa shape index (κ3) is 5.26. The van der Waals surface area contributed by atoms with Gasteiger partial charge in [-0.3, -0.25) is 4.79 Å². The standard InChI is InChI=1S/C22H25N3O5S3/c1-15-9-11-25(12-10-15)33(29,30)17-5-3-16(4-6-17)20(26)14-23-22-24-19-8-7-18(32(2,27)28)13-21(19)31-22/h3-8,13,15H,9-12,14H2,1-2H3,(H,23,24). The number of carbonyl (C=O) groups excluding carboxylic acids is 1. The van der Waals surface area contributed by atoms with Crippen molar-refractivity contribution < 1.29 is 21.6 Å². The Morgan fingerprint density at radius 3 is 2.33 bits per heavy atom. The maximum Gasteiger partial charge on any atom is 0.243 e. The first-order valence-corrected chi connectivity index (χ1v) is 14.7. The number of nitrogens with one attached hydrogen (secondary N) is 1. The zero-order chi connectivity index (χ0) is 23.8. The van der Waals surface area contributed by atoms with Crippen molar-refractivity contribution in [2.45, 2.75) is 29.6 Å². The minimum atomic E-state index is -3.56. The molecule has 1 aromatic heterocycles. The van der Waals surface area contributed by atoms with Gasteiger partial charge in [-0.25, -0.2) is 21.8 Å². The van der Waals surface area contributed by atoms with Gasteiger partial charge in [0.15, 0.2) is 20.8 Å². The normalized spacial score (nSPS) is 16.2. The quantitative estimate of drug-likeness (QED) is 0.488. The first-order valence-electron chi connectivity index (χ1n) is 10.5. The fourth-order valence-corrected chi connectivity index (χ4v) is 6.75. The van der Waals surface area contributed by atoms with E-state index in [0.29, 0.717) is 39.9 Å². The number of carbonyl (C=O) groups is 1. The summed E-state index contributed by atoms with van der Waals surface area (Å²) in [6, 6.07) is 10.7. The highest BCUT2D eigenvalue weighted by atomic mass is 32.2. The summed E-state index contributed by atoms with van der Waals surface area (Å²) in [6.45, 7) is 3.14. The van der Waals surface area contributed by atoms with Crippen LogP contribution in [0.1, 0.15) is 30.1 Å². The summed E-state index contributed by atoms with van der Waals surface area (Å²) in [6.07, 6.45) is 2.85. The average molecular weight is 508 g/mol. The summed E-state index contributed by atoms with van der Waals surface area (Å²) in [4.78, 5) is 17.4. The molecule has 0 aliphatic carbocycles. The fraction of sp³-hybridized carbons (Fsp3) is 0.364. The van der Waals surface area contributed by atoms with Crippen molar-refractivity contribution >= 4 is 52.3 Å². The molecule has 1 aliphatic rings. The van der Waals surface area contributed by atoms with Crippen molar-refractivity contribution in [2.24, 2.45) is 5.92 Å². The first kappa shape index (κ1) is 23.8. The number of benzene rings is 2. The van der Waals surface area contributed by atoms with Crippen LogP contribution >= 0.6 is 11.3 Å². The van der Waals surface area contributed by atoms with E-state index in [1.807, 2.05) is 0 Å². The van der Waals surface area contributed by atoms with Gasteiger partial charge in [0.2, 0.25) is 10.0 Å². The molecule has 0 unspecified atom stereocenters. The molecule has 176 valence electrons. The molecule has 11 heteroatoms. The molecular weight excluding hydrogens is 482 g/mol. The molecule has 33 heavy (non-hydrogen) atoms. The number of aromatic nitrogens is 1. The first-order chi connectivity index (χ1) is 15.5. The van der Waals surface area contributed by atoms with Gasteiger partial charge in [-0.2, -0.15) is 4.31 Å². The van der Waals surface area contributed by atoms with E-state index in [9.17, 15) is 21.6 Å². The second-order valence-corrected chi connectivity index (χ2v) is 13.3. The molecule has 0 amide bonds. The van der Waals surface area contributed by atoms with Gasteiger partial charge in [0.25, 0.3) is 0 Å². The fourth-order valence-electron chi connectivity index (χ4n) is 3.66. The van der Waals surface area contributed by atoms with Crippen LogP contribution in [0.3, 0.4) is 0 Å². The molecule has 2 heterocycles. The number of Topliss-reactive ketones (excluding diaryl/α,β-unsaturated/α-hetero) is 1. The van der Waals surface area contributed by atoms with E-state index in [0.717, 1.165) is 19.1 Å². The molecule has 3 aromatic rings. The molecule has 2 aromatic carbocycles. The lowest BCUT2D eigenvalue weighted by atomic mass is 10.0. The SMILES string of the molecule is CC1CCN(S(=O)(=O)c2ccc(C(=O)CNc3nc4ccc(S(C)(=O)=O)cc4s3)cc2)CC1. The van der Waals surface area contributed by atoms with Crippen LogP contribution in [-0.2, 0) is 19.9 Å². The molecule has 1 N–H and O–H groups in total. The number of hydrogen-bond donors (Lipinski definition) is 1. The van der Waals surface area contributed by atoms with Crippen molar-refractivity contribution in [2.75, 3.05) is 31.2 Å². The molecule has 8 nitrogen and oxygen atoms in total. The second kappa shape index (κ2) is 9.13. The van der Waals surface area contributed by atoms with Gasteiger partial charge in [0.1, 0.15) is 0 Å². The Kier molecular flexibility index (Phi) is 6.59. The number of fused-ring (bicyclic) bond motifs is 1. The van der Waals surface area contributed by atoms with E-state index in [2.05, 4.69) is 17.2 Å². The van der Waals surface area contributed by atoms with Crippen LogP contribution in [-0.4, -0.2) is 57.8 Å². The van der Waals surface area contributed by atoms with Gasteiger partial charge in [0, 0.05) is 24.9 Å². The summed E-state index contributed by atoms with van der Waals surface area (Å²) in [5.74, 6) is 0.322. The van der Waals surface area contributed by atoms with Crippen molar-refractivity contribution in [1.29, 1.82) is 0 Å². The number of hydrogen-bond acceptors (Lipinski definition) is 8. The molecule has 0 spiro atoms. The maximum absolute atomic E-state index is 12.8. The Balaban J connectivity index is 1.42. The van der Waals surface area contributed by atoms with E-state index < -0.39 is 19.9 Å². The lowest BCUT2D eigenvalue weighted by Gasteiger charge is -2.29. The Hall–Kier alpha value is -2.34. The van der Waals surface area contributed by atoms with Gasteiger partial charge in [-0.1, -0.05) is 18.3 Å². The average Bonchev–Trinajstić information content (AvgIpc) is 3.19. The Morgan fingerprint density at radius 1 is 1.06 bits per heavy atom. The van der Waals surface area contributed by atoms with E-state index in [1.54, 1.807) is 12.1 Å². The van der Waals surface area contributed by atoms with Crippen molar-refractivity contribution in [3.63, 3.8) is 0 Å². The maximum atomic E-state index is 12.8. The summed E-state index contributed by atoms with van der Waals surface area (Å²) in [5, 5.41) is 3.48. The smallest absolute Gasteiger partial charge is 0.243 e. The van der Waals surface area contributed by atoms with Crippen molar-refractivity contribution in [3.8, 4) is 0 Å². The molecule has 0 atom stereocenters. The summed E-state index contributed by atoms with van der Waals surface area (Å²) in [5.41, 5.74) is 1.04. The number of thiazole rings is 1. The number of sulfone groups is 1. The Labute approximate surface area is 197 Å². The predicted molar refractivity (Wildman–Crippen MR) is 129 cm³/mol. The van der Waals surface area contributed by atoms with Gasteiger partial charge in [0.05, 0.1) is 26.6 Å². The topological polar surface area (TPSA) is 114 Å². The molecule has 1 aliphatic heterocycles. The highest BCUT2D eigenvalue weighted by Gasteiger charge is 2.28. The van der Waals surface area contributed by atoms with Crippen LogP contribution in [0, 0.1) is 5.92 Å². The third-order valence-corrected chi connectivity index (χ3v) is 9.74. The largest absolute Gasteiger partial charge is 0.354 e. The minimum absolute atomic E-state index is 0.0190. The monoisotopic (exact) mass is 507 g/mol. The van der Waals surface area contributed by atoms with Crippen molar-refractivity contribution in [3.05, 3.63) is 48.0 Å². The van der Waals surface area contributed by atoms with Crippen molar-refractivity contribution in [1.82, 2.24) is 9.29 Å². The highest BCUT2D eigenvalue weighted by Crippen LogP contribution is 2.28. The predicted octanol–water partition coefficient (Wildman–Crippen LogP) is 3.42. The summed E-state index contributed by atoms with van der Waals surface area (Å²) < 4.78 is 51.3. The molecule has 1 fully saturated rings. The van der Waals surface area contributed by atoms with Gasteiger partial charge in [-0.15, -0.1) is 0 Å². The lowest BCUT2D eigenvalue weighted by Crippen LogP contribution is -2.37. The molecule has 0 bridgehead atoms. The van der Waals surface area contributed by atoms with Crippen LogP contribution in [0.5, 0.6) is 0 Å². The number of sulfonamides is 1. The van der Waals surface area contributed by atoms with Crippen LogP contribution in [0.15, 0.2) is 52.3 Å². The zero-order valence-electron chi connectivity index (χ0n) is 18.3. The van der Waals surface area contributed by atoms with Crippen LogP contribution in [0.2, 0.25) is 0 Å². The van der Waals surface area contributed by atoms with E-state index in [1.165, 1.54) is 46.0 Å². The van der Waals surface area contributed by atoms with Gasteiger partial charge in [-0.05, 0) is 61.2 Å². The van der Waals surface area contributed by atoms with E-state index >= 15 is 0 Å². The number of piperidine rings is 1. The molecule has 1 saturated heterocycles. The highest BCUT2D eigenvalue weighted by molar-refractivity contribution is 7.90. The summed E-state index contributed by atoms with van der Waals surface area (Å²) >= 11 is 1.26. The Bertz CT molecular complexity index is 1390. The number of anilines is 1. The molecule has 4 rings (SSSR count). The molecular formula is C22H25N3O5S3. The number of nitrogens with zero attached hydrogens (tertiary/aromatic N) is 2. The van der Waals surface area contributed by atoms with E-state index in [4.69, 9.17) is 0 Å². The van der Waals surface area contributed by atoms with Gasteiger partial charge >= 0.3 is 0 Å². The third-order valence-electron chi connectivity index (χ3n) is 5.74. The molecule has 0 saturated carbocycles. The van der Waals surface area contributed by atoms with Crippen LogP contribution in [0.25, 0.3) is 10.2 Å². The lowest BCUT2D eigenvalue weighted by molar-refractivity contribution is 0.101. The zero-order valence-corrected chi connectivity index (χ0v) is 20.8. The minimum Gasteiger partial charge on any atom is -0.354 e. The second-order valence-electron chi connectivity index (χ2n) is 8.31. The Morgan fingerprint density at radius 2 is 1.70 bits per heavy atom. The van der Waals surface area contributed by atoms with Crippen LogP contribution < -0.4 is 5.32 Å². The van der Waals surface area contributed by atoms with Gasteiger partial charge < -0.3 is 5.32 Å². The number of ketones is 1. The van der Waals surface area contributed by atoms with E-state index in [-0.39, 0.29) is 22.1 Å². The molecule has 0 radical (unpaired) electrons.